The van der Waals surface area contributed by atoms with Crippen LogP contribution < -0.4 is 10.1 Å². The highest BCUT2D eigenvalue weighted by Gasteiger charge is 2.44. The smallest absolute Gasteiger partial charge is 0.235 e. The van der Waals surface area contributed by atoms with Crippen molar-refractivity contribution in [2.24, 2.45) is 0 Å². The maximum absolute atomic E-state index is 14.5. The van der Waals surface area contributed by atoms with Crippen LogP contribution in [-0.4, -0.2) is 12.0 Å². The molecule has 0 aromatic heterocycles. The lowest BCUT2D eigenvalue weighted by Gasteiger charge is -2.29. The molecular weight excluding hydrogens is 353 g/mol. The average Bonchev–Trinajstić information content (AvgIpc) is 3.16. The van der Waals surface area contributed by atoms with Crippen LogP contribution in [0.5, 0.6) is 5.75 Å². The summed E-state index contributed by atoms with van der Waals surface area (Å²) < 4.78 is 20.6. The van der Waals surface area contributed by atoms with E-state index in [0.717, 1.165) is 41.8 Å². The number of carbonyl (C=O) groups is 1. The van der Waals surface area contributed by atoms with E-state index < -0.39 is 5.41 Å². The third kappa shape index (κ3) is 3.91. The van der Waals surface area contributed by atoms with Gasteiger partial charge in [-0.1, -0.05) is 38.0 Å². The van der Waals surface area contributed by atoms with Crippen molar-refractivity contribution in [1.82, 2.24) is 0 Å². The molecule has 2 aromatic rings. The molecule has 1 saturated carbocycles. The summed E-state index contributed by atoms with van der Waals surface area (Å²) in [5, 5.41) is 3.07. The van der Waals surface area contributed by atoms with Crippen molar-refractivity contribution < 1.29 is 13.9 Å². The Morgan fingerprint density at radius 2 is 1.79 bits per heavy atom. The largest absolute Gasteiger partial charge is 0.490 e. The number of halogens is 1. The van der Waals surface area contributed by atoms with Crippen LogP contribution in [0.25, 0.3) is 0 Å². The Bertz CT molecular complexity index is 832. The molecule has 4 heteroatoms. The molecule has 1 amide bonds. The first-order chi connectivity index (χ1) is 13.4. The molecule has 150 valence electrons. The molecule has 1 aliphatic carbocycles. The zero-order valence-electron chi connectivity index (χ0n) is 17.3. The number of carbonyl (C=O) groups excluding carboxylic acids is 1. The number of aryl methyl sites for hydroxylation is 2. The number of benzene rings is 2. The zero-order valence-corrected chi connectivity index (χ0v) is 17.3. The summed E-state index contributed by atoms with van der Waals surface area (Å²) in [5.41, 5.74) is 2.43. The van der Waals surface area contributed by atoms with Gasteiger partial charge in [-0.25, -0.2) is 4.39 Å². The Morgan fingerprint density at radius 1 is 1.18 bits per heavy atom. The van der Waals surface area contributed by atoms with Crippen LogP contribution in [0.15, 0.2) is 36.4 Å². The molecule has 2 aromatic carbocycles. The summed E-state index contributed by atoms with van der Waals surface area (Å²) in [6.45, 7) is 8.12. The molecule has 1 aliphatic rings. The number of hydrogen-bond donors (Lipinski definition) is 1. The lowest BCUT2D eigenvalue weighted by Crippen LogP contribution is -2.38. The van der Waals surface area contributed by atoms with Crippen LogP contribution in [-0.2, 0) is 10.2 Å². The minimum atomic E-state index is -0.793. The lowest BCUT2D eigenvalue weighted by atomic mass is 9.77. The number of nitrogens with one attached hydrogen (secondary N) is 1. The van der Waals surface area contributed by atoms with E-state index in [1.165, 1.54) is 6.07 Å². The van der Waals surface area contributed by atoms with Gasteiger partial charge in [0, 0.05) is 11.3 Å². The van der Waals surface area contributed by atoms with Gasteiger partial charge in [0.25, 0.3) is 0 Å². The van der Waals surface area contributed by atoms with Crippen molar-refractivity contribution in [3.8, 4) is 5.75 Å². The molecule has 1 fully saturated rings. The van der Waals surface area contributed by atoms with Crippen molar-refractivity contribution in [3.63, 3.8) is 0 Å². The van der Waals surface area contributed by atoms with E-state index in [1.54, 1.807) is 18.2 Å². The van der Waals surface area contributed by atoms with Gasteiger partial charge in [-0.15, -0.1) is 0 Å². The van der Waals surface area contributed by atoms with Crippen molar-refractivity contribution in [2.45, 2.75) is 71.3 Å². The molecule has 28 heavy (non-hydrogen) atoms. The minimum absolute atomic E-state index is 0.121. The molecule has 1 N–H and O–H groups in total. The van der Waals surface area contributed by atoms with Crippen LogP contribution in [0.2, 0.25) is 0 Å². The molecule has 3 rings (SSSR count). The number of ether oxygens (including phenoxy) is 1. The summed E-state index contributed by atoms with van der Waals surface area (Å²) in [6.07, 6.45) is 4.28. The van der Waals surface area contributed by atoms with E-state index in [-0.39, 0.29) is 17.8 Å². The number of anilines is 1. The molecule has 0 aliphatic heterocycles. The predicted molar refractivity (Wildman–Crippen MR) is 111 cm³/mol. The fourth-order valence-corrected chi connectivity index (χ4v) is 4.19. The van der Waals surface area contributed by atoms with E-state index in [1.807, 2.05) is 32.9 Å². The second-order valence-corrected chi connectivity index (χ2v) is 8.00. The van der Waals surface area contributed by atoms with E-state index >= 15 is 0 Å². The molecular formula is C24H30FNO2. The fourth-order valence-electron chi connectivity index (χ4n) is 4.19. The first-order valence-electron chi connectivity index (χ1n) is 10.2. The lowest BCUT2D eigenvalue weighted by molar-refractivity contribution is -0.121. The molecule has 1 atom stereocenters. The van der Waals surface area contributed by atoms with Crippen molar-refractivity contribution in [2.75, 3.05) is 5.32 Å². The Hall–Kier alpha value is -2.36. The maximum atomic E-state index is 14.5. The maximum Gasteiger partial charge on any atom is 0.235 e. The molecule has 0 heterocycles. The van der Waals surface area contributed by atoms with E-state index in [9.17, 15) is 9.18 Å². The standard InChI is InChI=1S/C24H30FNO2/c1-5-18(4)28-22-16(2)14-19(15-17(22)3)26-23(27)24(12-8-9-13-24)20-10-6-7-11-21(20)25/h6-7,10-11,14-15,18H,5,8-9,12-13H2,1-4H3,(H,26,27)/t18-/m1/s1. The van der Waals surface area contributed by atoms with Gasteiger partial charge in [0.15, 0.2) is 0 Å². The highest BCUT2D eigenvalue weighted by Crippen LogP contribution is 2.43. The van der Waals surface area contributed by atoms with Crippen molar-refractivity contribution in [3.05, 3.63) is 58.9 Å². The highest BCUT2D eigenvalue weighted by atomic mass is 19.1. The quantitative estimate of drug-likeness (QED) is 0.657. The van der Waals surface area contributed by atoms with Crippen LogP contribution in [0.1, 0.15) is 62.6 Å². The summed E-state index contributed by atoms with van der Waals surface area (Å²) in [4.78, 5) is 13.3. The molecule has 0 saturated heterocycles. The predicted octanol–water partition coefficient (Wildman–Crippen LogP) is 6.07. The Morgan fingerprint density at radius 3 is 2.36 bits per heavy atom. The van der Waals surface area contributed by atoms with Gasteiger partial charge >= 0.3 is 0 Å². The monoisotopic (exact) mass is 383 g/mol. The first kappa shape index (κ1) is 20.4. The topological polar surface area (TPSA) is 38.3 Å². The summed E-state index contributed by atoms with van der Waals surface area (Å²) in [6, 6.07) is 10.5. The Kier molecular flexibility index (Phi) is 6.07. The van der Waals surface area contributed by atoms with Gasteiger partial charge < -0.3 is 10.1 Å². The second-order valence-electron chi connectivity index (χ2n) is 8.00. The van der Waals surface area contributed by atoms with Gasteiger partial charge in [-0.05, 0) is 69.4 Å². The summed E-state index contributed by atoms with van der Waals surface area (Å²) in [7, 11) is 0. The fraction of sp³-hybridized carbons (Fsp3) is 0.458. The number of hydrogen-bond acceptors (Lipinski definition) is 2. The summed E-state index contributed by atoms with van der Waals surface area (Å²) in [5.74, 6) is 0.450. The van der Waals surface area contributed by atoms with E-state index in [2.05, 4.69) is 12.2 Å². The highest BCUT2D eigenvalue weighted by molar-refractivity contribution is 5.99. The van der Waals surface area contributed by atoms with Crippen LogP contribution >= 0.6 is 0 Å². The second kappa shape index (κ2) is 8.34. The Labute approximate surface area is 167 Å². The Balaban J connectivity index is 1.88. The number of rotatable bonds is 6. The van der Waals surface area contributed by atoms with E-state index in [0.29, 0.717) is 18.4 Å². The molecule has 0 spiro atoms. The SMILES string of the molecule is CC[C@@H](C)Oc1c(C)cc(NC(=O)C2(c3ccccc3F)CCCC2)cc1C. The van der Waals surface area contributed by atoms with Crippen molar-refractivity contribution >= 4 is 11.6 Å². The van der Waals surface area contributed by atoms with E-state index in [4.69, 9.17) is 4.74 Å². The van der Waals surface area contributed by atoms with Crippen LogP contribution in [0.4, 0.5) is 10.1 Å². The molecule has 0 radical (unpaired) electrons. The molecule has 3 nitrogen and oxygen atoms in total. The van der Waals surface area contributed by atoms with Crippen LogP contribution in [0, 0.1) is 19.7 Å². The zero-order chi connectivity index (χ0) is 20.3. The van der Waals surface area contributed by atoms with Crippen molar-refractivity contribution in [1.29, 1.82) is 0 Å². The average molecular weight is 384 g/mol. The molecule has 0 bridgehead atoms. The summed E-state index contributed by atoms with van der Waals surface area (Å²) >= 11 is 0. The van der Waals surface area contributed by atoms with Gasteiger partial charge in [-0.3, -0.25) is 4.79 Å². The van der Waals surface area contributed by atoms with Gasteiger partial charge in [0.1, 0.15) is 11.6 Å². The third-order valence-corrected chi connectivity index (χ3v) is 5.89. The van der Waals surface area contributed by atoms with Crippen LogP contribution in [0.3, 0.4) is 0 Å². The minimum Gasteiger partial charge on any atom is -0.490 e. The third-order valence-electron chi connectivity index (χ3n) is 5.89. The molecule has 0 unspecified atom stereocenters. The number of amides is 1. The van der Waals surface area contributed by atoms with Gasteiger partial charge in [0.2, 0.25) is 5.91 Å². The van der Waals surface area contributed by atoms with Gasteiger partial charge in [-0.2, -0.15) is 0 Å². The van der Waals surface area contributed by atoms with Gasteiger partial charge in [0.05, 0.1) is 11.5 Å². The normalized spacial score (nSPS) is 16.6. The first-order valence-corrected chi connectivity index (χ1v) is 10.2.